The van der Waals surface area contributed by atoms with E-state index >= 15 is 4.39 Å². The van der Waals surface area contributed by atoms with Crippen molar-refractivity contribution in [3.63, 3.8) is 0 Å². The van der Waals surface area contributed by atoms with Crippen LogP contribution in [0.3, 0.4) is 0 Å². The summed E-state index contributed by atoms with van der Waals surface area (Å²) in [7, 11) is 0. The number of ether oxygens (including phenoxy) is 3. The van der Waals surface area contributed by atoms with Crippen molar-refractivity contribution in [2.75, 3.05) is 6.61 Å². The molecule has 6 rings (SSSR count). The molecular weight excluding hydrogens is 589 g/mol. The van der Waals surface area contributed by atoms with Crippen LogP contribution in [0.15, 0.2) is 48.1 Å². The fourth-order valence-corrected chi connectivity index (χ4v) is 9.16. The summed E-state index contributed by atoms with van der Waals surface area (Å²) < 4.78 is 35.8. The SMILES string of the molecule is CC1(C)O[C@@H]2CC3C4CCC5=CC(=O)C=C[C@]5(C)[C@@]4(F)[C@@H](O)C[C@]3(C)[C@]2(C(=O)COC(=O)Cc2ccc(CO[N+](=O)[O-])cc2)O1. The number of aliphatic hydroxyl groups excluding tert-OH is 1. The third kappa shape index (κ3) is 4.67. The van der Waals surface area contributed by atoms with Crippen LogP contribution in [0.1, 0.15) is 64.5 Å². The summed E-state index contributed by atoms with van der Waals surface area (Å²) in [5.74, 6) is -3.54. The molecule has 2 unspecified atom stereocenters. The van der Waals surface area contributed by atoms with E-state index in [0.29, 0.717) is 36.0 Å². The molecule has 1 aromatic rings. The number of nitrogens with zero attached hydrogens (tertiary/aromatic N) is 1. The van der Waals surface area contributed by atoms with Gasteiger partial charge >= 0.3 is 5.97 Å². The minimum atomic E-state index is -2.08. The molecule has 12 heteroatoms. The van der Waals surface area contributed by atoms with Gasteiger partial charge in [-0.3, -0.25) is 14.4 Å². The Morgan fingerprint density at radius 2 is 1.82 bits per heavy atom. The number of hydrogen-bond acceptors (Lipinski definition) is 10. The zero-order valence-electron chi connectivity index (χ0n) is 25.7. The Morgan fingerprint density at radius 1 is 1.13 bits per heavy atom. The molecule has 1 heterocycles. The molecule has 45 heavy (non-hydrogen) atoms. The van der Waals surface area contributed by atoms with Crippen LogP contribution in [0.25, 0.3) is 0 Å². The van der Waals surface area contributed by atoms with Crippen molar-refractivity contribution in [2.24, 2.45) is 22.7 Å². The van der Waals surface area contributed by atoms with Gasteiger partial charge < -0.3 is 24.2 Å². The molecule has 8 atom stereocenters. The van der Waals surface area contributed by atoms with Gasteiger partial charge in [-0.2, -0.15) is 0 Å². The van der Waals surface area contributed by atoms with Gasteiger partial charge in [0.25, 0.3) is 5.09 Å². The molecule has 3 saturated carbocycles. The predicted octanol–water partition coefficient (Wildman–Crippen LogP) is 3.92. The topological polar surface area (TPSA) is 152 Å². The van der Waals surface area contributed by atoms with Crippen LogP contribution in [0.4, 0.5) is 4.39 Å². The number of carbonyl (C=O) groups excluding carboxylic acids is 3. The Hall–Kier alpha value is -3.48. The number of esters is 1. The maximum Gasteiger partial charge on any atom is 0.310 e. The first-order chi connectivity index (χ1) is 21.1. The van der Waals surface area contributed by atoms with E-state index in [2.05, 4.69) is 4.84 Å². The Kier molecular flexibility index (Phi) is 7.37. The number of halogens is 1. The van der Waals surface area contributed by atoms with Crippen LogP contribution < -0.4 is 0 Å². The summed E-state index contributed by atoms with van der Waals surface area (Å²) in [5, 5.41) is 21.2. The molecule has 0 spiro atoms. The lowest BCUT2D eigenvalue weighted by Crippen LogP contribution is -2.70. The quantitative estimate of drug-likeness (QED) is 0.255. The van der Waals surface area contributed by atoms with Crippen molar-refractivity contribution < 1.29 is 48.0 Å². The lowest BCUT2D eigenvalue weighted by Gasteiger charge is -2.62. The normalized spacial score (nSPS) is 39.2. The Bertz CT molecular complexity index is 1500. The second-order valence-corrected chi connectivity index (χ2v) is 13.9. The van der Waals surface area contributed by atoms with Gasteiger partial charge in [0.15, 0.2) is 29.4 Å². The van der Waals surface area contributed by atoms with Crippen molar-refractivity contribution in [3.8, 4) is 0 Å². The van der Waals surface area contributed by atoms with Gasteiger partial charge in [-0.1, -0.05) is 42.8 Å². The van der Waals surface area contributed by atoms with Crippen molar-refractivity contribution >= 4 is 17.5 Å². The number of Topliss-reactive ketones (excluding diaryl/α,β-unsaturated/α-hetero) is 1. The van der Waals surface area contributed by atoms with Gasteiger partial charge in [0, 0.05) is 16.7 Å². The highest BCUT2D eigenvalue weighted by atomic mass is 19.1. The number of alkyl halides is 1. The molecule has 4 aliphatic carbocycles. The minimum Gasteiger partial charge on any atom is -0.457 e. The third-order valence-corrected chi connectivity index (χ3v) is 11.1. The molecule has 1 saturated heterocycles. The van der Waals surface area contributed by atoms with E-state index in [-0.39, 0.29) is 25.2 Å². The molecular formula is C33H38FNO10. The number of aliphatic hydroxyl groups is 1. The van der Waals surface area contributed by atoms with Crippen molar-refractivity contribution in [2.45, 2.75) is 95.7 Å². The number of hydrogen-bond donors (Lipinski definition) is 1. The average molecular weight is 628 g/mol. The summed E-state index contributed by atoms with van der Waals surface area (Å²) >= 11 is 0. The van der Waals surface area contributed by atoms with Gasteiger partial charge in [0.2, 0.25) is 5.78 Å². The molecule has 1 N–H and O–H groups in total. The average Bonchev–Trinajstić information content (AvgIpc) is 3.38. The van der Waals surface area contributed by atoms with Crippen LogP contribution in [-0.4, -0.2) is 63.6 Å². The fourth-order valence-electron chi connectivity index (χ4n) is 9.16. The van der Waals surface area contributed by atoms with E-state index in [1.165, 1.54) is 12.2 Å². The van der Waals surface area contributed by atoms with Crippen molar-refractivity contribution in [1.82, 2.24) is 0 Å². The smallest absolute Gasteiger partial charge is 0.310 e. The van der Waals surface area contributed by atoms with E-state index in [1.807, 2.05) is 6.92 Å². The number of ketones is 2. The highest BCUT2D eigenvalue weighted by molar-refractivity contribution is 6.01. The Morgan fingerprint density at radius 3 is 2.51 bits per heavy atom. The van der Waals surface area contributed by atoms with Crippen LogP contribution in [0, 0.1) is 32.8 Å². The number of fused-ring (bicyclic) bond motifs is 7. The monoisotopic (exact) mass is 627 g/mol. The second-order valence-electron chi connectivity index (χ2n) is 13.9. The van der Waals surface area contributed by atoms with Gasteiger partial charge in [-0.15, -0.1) is 10.1 Å². The summed E-state index contributed by atoms with van der Waals surface area (Å²) in [6, 6.07) is 6.42. The minimum absolute atomic E-state index is 0.0859. The largest absolute Gasteiger partial charge is 0.457 e. The number of allylic oxidation sites excluding steroid dienone is 4. The maximum atomic E-state index is 17.6. The van der Waals surface area contributed by atoms with Crippen molar-refractivity contribution in [3.05, 3.63) is 69.3 Å². The molecule has 0 amide bonds. The first-order valence-corrected chi connectivity index (χ1v) is 15.3. The highest BCUT2D eigenvalue weighted by Crippen LogP contribution is 2.72. The number of carbonyl (C=O) groups is 3. The second kappa shape index (κ2) is 10.5. The lowest BCUT2D eigenvalue weighted by molar-refractivity contribution is -0.763. The molecule has 4 fully saturated rings. The van der Waals surface area contributed by atoms with E-state index in [1.54, 1.807) is 51.1 Å². The zero-order valence-corrected chi connectivity index (χ0v) is 25.7. The van der Waals surface area contributed by atoms with Crippen LogP contribution in [0.5, 0.6) is 0 Å². The zero-order chi connectivity index (χ0) is 32.6. The first kappa shape index (κ1) is 31.5. The molecule has 1 aliphatic heterocycles. The molecule has 11 nitrogen and oxygen atoms in total. The summed E-state index contributed by atoms with van der Waals surface area (Å²) in [4.78, 5) is 53.9. The maximum absolute atomic E-state index is 17.6. The Labute approximate surface area is 259 Å². The van der Waals surface area contributed by atoms with E-state index in [0.717, 1.165) is 0 Å². The molecule has 0 bridgehead atoms. The van der Waals surface area contributed by atoms with Crippen LogP contribution in [0.2, 0.25) is 0 Å². The van der Waals surface area contributed by atoms with E-state index in [4.69, 9.17) is 14.2 Å². The standard InChI is InChI=1S/C33H38FNO10/c1-29(2)44-27-15-24-23-10-9-21-14-22(36)11-12-30(21,3)32(23,34)25(37)16-31(24,4)33(27,45-29)26(38)18-42-28(39)13-19-5-7-20(8-6-19)17-43-35(40)41/h5-8,11-12,14,23-25,27,37H,9-10,13,15-18H2,1-4H3/t23?,24?,25-,27+,30-,31-,32-,33+/m0/s1. The number of benzene rings is 1. The summed E-state index contributed by atoms with van der Waals surface area (Å²) in [6.45, 7) is 6.17. The Balaban J connectivity index is 1.23. The highest BCUT2D eigenvalue weighted by Gasteiger charge is 2.80. The number of rotatable bonds is 8. The summed E-state index contributed by atoms with van der Waals surface area (Å²) in [6.07, 6.45) is 3.20. The predicted molar refractivity (Wildman–Crippen MR) is 154 cm³/mol. The van der Waals surface area contributed by atoms with Gasteiger partial charge in [-0.25, -0.2) is 4.39 Å². The molecule has 0 aromatic heterocycles. The van der Waals surface area contributed by atoms with Gasteiger partial charge in [-0.05, 0) is 75.7 Å². The molecule has 0 radical (unpaired) electrons. The molecule has 1 aromatic carbocycles. The van der Waals surface area contributed by atoms with Crippen molar-refractivity contribution in [1.29, 1.82) is 0 Å². The first-order valence-electron chi connectivity index (χ1n) is 15.3. The summed E-state index contributed by atoms with van der Waals surface area (Å²) in [5.41, 5.74) is -4.08. The molecule has 242 valence electrons. The van der Waals surface area contributed by atoms with Gasteiger partial charge in [0.1, 0.15) is 6.61 Å². The fraction of sp³-hybridized carbons (Fsp3) is 0.606. The van der Waals surface area contributed by atoms with Crippen LogP contribution in [-0.2, 0) is 46.5 Å². The van der Waals surface area contributed by atoms with Gasteiger partial charge in [0.05, 0.1) is 18.6 Å². The molecule has 5 aliphatic rings. The van der Waals surface area contributed by atoms with Crippen LogP contribution >= 0.6 is 0 Å². The third-order valence-electron chi connectivity index (χ3n) is 11.1. The van der Waals surface area contributed by atoms with E-state index in [9.17, 15) is 29.6 Å². The lowest BCUT2D eigenvalue weighted by atomic mass is 9.44. The van der Waals surface area contributed by atoms with E-state index < -0.39 is 75.4 Å².